The lowest BCUT2D eigenvalue weighted by Gasteiger charge is -2.32. The molecule has 0 aromatic carbocycles. The SMILES string of the molecule is O=C(NC(CCO)C(=O)O)C1CCCN(C(=O)C2CC2)C1. The topological polar surface area (TPSA) is 107 Å². The minimum atomic E-state index is -1.15. The highest BCUT2D eigenvalue weighted by Crippen LogP contribution is 2.32. The molecule has 0 aromatic rings. The van der Waals surface area contributed by atoms with Crippen molar-refractivity contribution in [3.05, 3.63) is 0 Å². The average molecular weight is 298 g/mol. The number of carboxylic acid groups (broad SMARTS) is 1. The van der Waals surface area contributed by atoms with Crippen LogP contribution in [0.1, 0.15) is 32.1 Å². The average Bonchev–Trinajstić information content (AvgIpc) is 3.30. The number of piperidine rings is 1. The molecule has 118 valence electrons. The summed E-state index contributed by atoms with van der Waals surface area (Å²) in [6.07, 6.45) is 3.27. The van der Waals surface area contributed by atoms with Crippen LogP contribution in [0.3, 0.4) is 0 Å². The van der Waals surface area contributed by atoms with Gasteiger partial charge in [-0.25, -0.2) is 4.79 Å². The van der Waals surface area contributed by atoms with Crippen molar-refractivity contribution in [3.8, 4) is 0 Å². The van der Waals surface area contributed by atoms with Crippen molar-refractivity contribution < 1.29 is 24.6 Å². The predicted octanol–water partition coefficient (Wildman–Crippen LogP) is -0.413. The summed E-state index contributed by atoms with van der Waals surface area (Å²) >= 11 is 0. The second-order valence-electron chi connectivity index (χ2n) is 5.81. The number of hydrogen-bond donors (Lipinski definition) is 3. The maximum atomic E-state index is 12.1. The molecular weight excluding hydrogens is 276 g/mol. The van der Waals surface area contributed by atoms with Gasteiger partial charge < -0.3 is 20.4 Å². The van der Waals surface area contributed by atoms with E-state index < -0.39 is 12.0 Å². The Kier molecular flexibility index (Phi) is 5.17. The highest BCUT2D eigenvalue weighted by molar-refractivity contribution is 5.86. The van der Waals surface area contributed by atoms with E-state index in [-0.39, 0.29) is 36.7 Å². The van der Waals surface area contributed by atoms with Gasteiger partial charge in [-0.05, 0) is 25.7 Å². The summed E-state index contributed by atoms with van der Waals surface area (Å²) < 4.78 is 0. The van der Waals surface area contributed by atoms with E-state index >= 15 is 0 Å². The fourth-order valence-electron chi connectivity index (χ4n) is 2.66. The maximum absolute atomic E-state index is 12.1. The summed E-state index contributed by atoms with van der Waals surface area (Å²) in [6, 6.07) is -1.07. The molecule has 2 unspecified atom stereocenters. The quantitative estimate of drug-likeness (QED) is 0.618. The summed E-state index contributed by atoms with van der Waals surface area (Å²) in [6.45, 7) is 0.749. The van der Waals surface area contributed by atoms with E-state index in [4.69, 9.17) is 10.2 Å². The number of likely N-dealkylation sites (tertiary alicyclic amines) is 1. The summed E-state index contributed by atoms with van der Waals surface area (Å²) in [5.74, 6) is -1.60. The van der Waals surface area contributed by atoms with Crippen LogP contribution in [0.5, 0.6) is 0 Å². The lowest BCUT2D eigenvalue weighted by molar-refractivity contribution is -0.144. The Hall–Kier alpha value is -1.63. The van der Waals surface area contributed by atoms with E-state index in [0.717, 1.165) is 19.3 Å². The smallest absolute Gasteiger partial charge is 0.326 e. The minimum Gasteiger partial charge on any atom is -0.480 e. The van der Waals surface area contributed by atoms with Crippen LogP contribution in [0, 0.1) is 11.8 Å². The molecule has 2 rings (SSSR count). The number of carbonyl (C=O) groups excluding carboxylic acids is 2. The molecule has 7 nitrogen and oxygen atoms in total. The van der Waals surface area contributed by atoms with E-state index in [2.05, 4.69) is 5.32 Å². The van der Waals surface area contributed by atoms with Crippen molar-refractivity contribution in [1.29, 1.82) is 0 Å². The Morgan fingerprint density at radius 1 is 1.19 bits per heavy atom. The minimum absolute atomic E-state index is 0.0154. The second-order valence-corrected chi connectivity index (χ2v) is 5.81. The molecule has 1 saturated carbocycles. The highest BCUT2D eigenvalue weighted by Gasteiger charge is 2.37. The van der Waals surface area contributed by atoms with Gasteiger partial charge in [0.25, 0.3) is 0 Å². The fraction of sp³-hybridized carbons (Fsp3) is 0.786. The van der Waals surface area contributed by atoms with Gasteiger partial charge >= 0.3 is 5.97 Å². The maximum Gasteiger partial charge on any atom is 0.326 e. The Bertz CT molecular complexity index is 422. The zero-order valence-electron chi connectivity index (χ0n) is 12.0. The summed E-state index contributed by atoms with van der Waals surface area (Å²) in [7, 11) is 0. The van der Waals surface area contributed by atoms with Crippen LogP contribution in [0.4, 0.5) is 0 Å². The van der Waals surface area contributed by atoms with Crippen molar-refractivity contribution in [3.63, 3.8) is 0 Å². The van der Waals surface area contributed by atoms with Crippen LogP contribution in [-0.4, -0.2) is 58.6 Å². The molecule has 1 aliphatic carbocycles. The van der Waals surface area contributed by atoms with Crippen LogP contribution in [0.15, 0.2) is 0 Å². The first kappa shape index (κ1) is 15.8. The van der Waals surface area contributed by atoms with E-state index in [9.17, 15) is 14.4 Å². The fourth-order valence-corrected chi connectivity index (χ4v) is 2.66. The van der Waals surface area contributed by atoms with Gasteiger partial charge in [-0.2, -0.15) is 0 Å². The molecule has 1 heterocycles. The first-order chi connectivity index (χ1) is 10.0. The standard InChI is InChI=1S/C14H22N2O5/c17-7-5-11(14(20)21)15-12(18)10-2-1-6-16(8-10)13(19)9-3-4-9/h9-11,17H,1-8H2,(H,15,18)(H,20,21). The summed E-state index contributed by atoms with van der Waals surface area (Å²) in [4.78, 5) is 36.9. The number of nitrogens with one attached hydrogen (secondary N) is 1. The molecule has 21 heavy (non-hydrogen) atoms. The van der Waals surface area contributed by atoms with Crippen LogP contribution >= 0.6 is 0 Å². The molecule has 0 bridgehead atoms. The predicted molar refractivity (Wildman–Crippen MR) is 73.3 cm³/mol. The Morgan fingerprint density at radius 2 is 1.90 bits per heavy atom. The van der Waals surface area contributed by atoms with Gasteiger partial charge in [-0.1, -0.05) is 0 Å². The lowest BCUT2D eigenvalue weighted by Crippen LogP contribution is -2.49. The molecule has 2 amide bonds. The van der Waals surface area contributed by atoms with Crippen LogP contribution in [0.2, 0.25) is 0 Å². The zero-order valence-corrected chi connectivity index (χ0v) is 12.0. The van der Waals surface area contributed by atoms with Gasteiger partial charge in [-0.3, -0.25) is 9.59 Å². The monoisotopic (exact) mass is 298 g/mol. The second kappa shape index (κ2) is 6.89. The van der Waals surface area contributed by atoms with Gasteiger partial charge in [0.1, 0.15) is 6.04 Å². The third kappa shape index (κ3) is 4.17. The van der Waals surface area contributed by atoms with Crippen LogP contribution < -0.4 is 5.32 Å². The number of carboxylic acids is 1. The normalized spacial score (nSPS) is 23.5. The van der Waals surface area contributed by atoms with Gasteiger partial charge in [0.15, 0.2) is 0 Å². The number of nitrogens with zero attached hydrogens (tertiary/aromatic N) is 1. The molecule has 2 aliphatic rings. The molecule has 0 radical (unpaired) electrons. The molecule has 3 N–H and O–H groups in total. The number of rotatable bonds is 6. The van der Waals surface area contributed by atoms with Crippen molar-refractivity contribution in [2.75, 3.05) is 19.7 Å². The van der Waals surface area contributed by atoms with Crippen molar-refractivity contribution in [2.45, 2.75) is 38.1 Å². The largest absolute Gasteiger partial charge is 0.480 e. The van der Waals surface area contributed by atoms with Crippen molar-refractivity contribution in [2.24, 2.45) is 11.8 Å². The first-order valence-corrected chi connectivity index (χ1v) is 7.45. The Morgan fingerprint density at radius 3 is 2.48 bits per heavy atom. The van der Waals surface area contributed by atoms with Gasteiger partial charge in [0.05, 0.1) is 5.92 Å². The number of amides is 2. The number of hydrogen-bond acceptors (Lipinski definition) is 4. The van der Waals surface area contributed by atoms with Crippen molar-refractivity contribution in [1.82, 2.24) is 10.2 Å². The van der Waals surface area contributed by atoms with Crippen LogP contribution in [-0.2, 0) is 14.4 Å². The molecule has 0 spiro atoms. The van der Waals surface area contributed by atoms with Gasteiger partial charge in [0, 0.05) is 32.0 Å². The molecule has 1 saturated heterocycles. The third-order valence-corrected chi connectivity index (χ3v) is 4.06. The van der Waals surface area contributed by atoms with E-state index in [1.165, 1.54) is 0 Å². The summed E-state index contributed by atoms with van der Waals surface area (Å²) in [5, 5.41) is 20.3. The molecule has 2 atom stereocenters. The molecular formula is C14H22N2O5. The number of carbonyl (C=O) groups is 3. The Balaban J connectivity index is 1.88. The number of aliphatic carboxylic acids is 1. The van der Waals surface area contributed by atoms with Gasteiger partial charge in [0.2, 0.25) is 11.8 Å². The van der Waals surface area contributed by atoms with Crippen LogP contribution in [0.25, 0.3) is 0 Å². The van der Waals surface area contributed by atoms with E-state index in [0.29, 0.717) is 19.5 Å². The van der Waals surface area contributed by atoms with Crippen molar-refractivity contribution >= 4 is 17.8 Å². The zero-order chi connectivity index (χ0) is 15.4. The van der Waals surface area contributed by atoms with E-state index in [1.807, 2.05) is 0 Å². The lowest BCUT2D eigenvalue weighted by atomic mass is 9.96. The van der Waals surface area contributed by atoms with Gasteiger partial charge in [-0.15, -0.1) is 0 Å². The molecule has 7 heteroatoms. The summed E-state index contributed by atoms with van der Waals surface area (Å²) in [5.41, 5.74) is 0. The number of aliphatic hydroxyl groups is 1. The first-order valence-electron chi connectivity index (χ1n) is 7.45. The third-order valence-electron chi connectivity index (χ3n) is 4.06. The molecule has 2 fully saturated rings. The Labute approximate surface area is 123 Å². The number of aliphatic hydroxyl groups excluding tert-OH is 1. The highest BCUT2D eigenvalue weighted by atomic mass is 16.4. The van der Waals surface area contributed by atoms with E-state index in [1.54, 1.807) is 4.90 Å². The molecule has 0 aromatic heterocycles. The molecule has 1 aliphatic heterocycles.